The van der Waals surface area contributed by atoms with Gasteiger partial charge in [0.05, 0.1) is 11.3 Å². The average molecular weight is 460 g/mol. The van der Waals surface area contributed by atoms with Crippen molar-refractivity contribution in [2.75, 3.05) is 11.1 Å². The minimum Gasteiger partial charge on any atom is -0.449 e. The number of carbonyl (C=O) groups is 2. The van der Waals surface area contributed by atoms with Crippen LogP contribution in [0.1, 0.15) is 23.7 Å². The van der Waals surface area contributed by atoms with Gasteiger partial charge in [-0.1, -0.05) is 41.1 Å². The second-order valence-corrected chi connectivity index (χ2v) is 7.74. The average Bonchev–Trinajstić information content (AvgIpc) is 3.14. The number of thiazole rings is 1. The van der Waals surface area contributed by atoms with Crippen molar-refractivity contribution in [2.24, 2.45) is 0 Å². The second kappa shape index (κ2) is 8.99. The van der Waals surface area contributed by atoms with E-state index in [-0.39, 0.29) is 0 Å². The standard InChI is InChI=1S/C20H18BrN3O3S/c1-2-17(27-19(26)13-4-3-5-15(22)10-13)18(25)24-20-23-16(11-28-20)12-6-8-14(21)9-7-12/h3-11,17H,2,22H2,1H3,(H,23,24,25). The molecule has 0 bridgehead atoms. The van der Waals surface area contributed by atoms with Gasteiger partial charge in [0.15, 0.2) is 11.2 Å². The van der Waals surface area contributed by atoms with Crippen LogP contribution < -0.4 is 11.1 Å². The molecule has 0 aliphatic carbocycles. The van der Waals surface area contributed by atoms with Gasteiger partial charge >= 0.3 is 5.97 Å². The first-order valence-corrected chi connectivity index (χ1v) is 10.2. The van der Waals surface area contributed by atoms with Crippen LogP contribution in [0.2, 0.25) is 0 Å². The molecule has 3 rings (SSSR count). The van der Waals surface area contributed by atoms with Crippen molar-refractivity contribution in [2.45, 2.75) is 19.4 Å². The van der Waals surface area contributed by atoms with E-state index in [1.165, 1.54) is 17.4 Å². The van der Waals surface area contributed by atoms with Gasteiger partial charge in [-0.2, -0.15) is 0 Å². The van der Waals surface area contributed by atoms with Crippen LogP contribution in [0.3, 0.4) is 0 Å². The van der Waals surface area contributed by atoms with Gasteiger partial charge in [0.25, 0.3) is 5.91 Å². The van der Waals surface area contributed by atoms with Crippen LogP contribution in [0.5, 0.6) is 0 Å². The summed E-state index contributed by atoms with van der Waals surface area (Å²) in [5, 5.41) is 5.03. The van der Waals surface area contributed by atoms with Crippen LogP contribution in [-0.2, 0) is 9.53 Å². The normalized spacial score (nSPS) is 11.6. The molecule has 1 heterocycles. The van der Waals surface area contributed by atoms with Crippen molar-refractivity contribution in [3.05, 3.63) is 63.9 Å². The largest absolute Gasteiger partial charge is 0.449 e. The summed E-state index contributed by atoms with van der Waals surface area (Å²) in [6.45, 7) is 1.77. The van der Waals surface area contributed by atoms with E-state index in [1.54, 1.807) is 25.1 Å². The smallest absolute Gasteiger partial charge is 0.338 e. The molecule has 0 aliphatic rings. The number of ether oxygens (including phenoxy) is 1. The fourth-order valence-electron chi connectivity index (χ4n) is 2.46. The third-order valence-corrected chi connectivity index (χ3v) is 5.20. The highest BCUT2D eigenvalue weighted by atomic mass is 79.9. The fourth-order valence-corrected chi connectivity index (χ4v) is 3.44. The molecule has 8 heteroatoms. The Morgan fingerprint density at radius 2 is 2.00 bits per heavy atom. The van der Waals surface area contributed by atoms with E-state index in [1.807, 2.05) is 29.6 Å². The lowest BCUT2D eigenvalue weighted by molar-refractivity contribution is -0.124. The molecule has 0 spiro atoms. The third kappa shape index (κ3) is 4.96. The minimum atomic E-state index is -0.922. The molecule has 28 heavy (non-hydrogen) atoms. The van der Waals surface area contributed by atoms with Crippen molar-refractivity contribution in [1.29, 1.82) is 0 Å². The summed E-state index contributed by atoms with van der Waals surface area (Å²) in [5.41, 5.74) is 8.15. The molecule has 0 saturated carbocycles. The number of aromatic nitrogens is 1. The number of halogens is 1. The summed E-state index contributed by atoms with van der Waals surface area (Å²) >= 11 is 4.71. The Bertz CT molecular complexity index is 988. The highest BCUT2D eigenvalue weighted by Gasteiger charge is 2.23. The number of carbonyl (C=O) groups excluding carboxylic acids is 2. The van der Waals surface area contributed by atoms with Crippen molar-refractivity contribution in [3.8, 4) is 11.3 Å². The van der Waals surface area contributed by atoms with E-state index in [0.29, 0.717) is 22.8 Å². The summed E-state index contributed by atoms with van der Waals surface area (Å²) in [6.07, 6.45) is -0.584. The van der Waals surface area contributed by atoms with Crippen LogP contribution >= 0.6 is 27.3 Å². The number of nitrogen functional groups attached to an aromatic ring is 1. The van der Waals surface area contributed by atoms with Crippen LogP contribution in [0.25, 0.3) is 11.3 Å². The molecule has 6 nitrogen and oxygen atoms in total. The number of anilines is 2. The number of rotatable bonds is 6. The Labute approximate surface area is 174 Å². The number of nitrogens with one attached hydrogen (secondary N) is 1. The van der Waals surface area contributed by atoms with E-state index in [0.717, 1.165) is 15.7 Å². The Kier molecular flexibility index (Phi) is 6.43. The summed E-state index contributed by atoms with van der Waals surface area (Å²) in [6, 6.07) is 14.2. The molecule has 0 radical (unpaired) electrons. The molecule has 3 N–H and O–H groups in total. The molecule has 0 saturated heterocycles. The maximum atomic E-state index is 12.5. The summed E-state index contributed by atoms with van der Waals surface area (Å²) in [4.78, 5) is 29.2. The van der Waals surface area contributed by atoms with Gasteiger partial charge < -0.3 is 10.5 Å². The first-order chi connectivity index (χ1) is 13.5. The maximum absolute atomic E-state index is 12.5. The molecule has 1 atom stereocenters. The molecule has 0 aliphatic heterocycles. The number of amides is 1. The van der Waals surface area contributed by atoms with Crippen molar-refractivity contribution in [3.63, 3.8) is 0 Å². The highest BCUT2D eigenvalue weighted by molar-refractivity contribution is 9.10. The first-order valence-electron chi connectivity index (χ1n) is 8.55. The molecular weight excluding hydrogens is 442 g/mol. The minimum absolute atomic E-state index is 0.304. The SMILES string of the molecule is CCC(OC(=O)c1cccc(N)c1)C(=O)Nc1nc(-c2ccc(Br)cc2)cs1. The first kappa shape index (κ1) is 20.0. The lowest BCUT2D eigenvalue weighted by Gasteiger charge is -2.15. The Balaban J connectivity index is 1.65. The van der Waals surface area contributed by atoms with Crippen LogP contribution in [0.4, 0.5) is 10.8 Å². The lowest BCUT2D eigenvalue weighted by atomic mass is 10.2. The van der Waals surface area contributed by atoms with Crippen molar-refractivity contribution < 1.29 is 14.3 Å². The molecule has 144 valence electrons. The van der Waals surface area contributed by atoms with Crippen LogP contribution in [0, 0.1) is 0 Å². The predicted molar refractivity (Wildman–Crippen MR) is 114 cm³/mol. The zero-order valence-corrected chi connectivity index (χ0v) is 17.4. The van der Waals surface area contributed by atoms with Crippen molar-refractivity contribution >= 4 is 50.0 Å². The van der Waals surface area contributed by atoms with Crippen LogP contribution in [-0.4, -0.2) is 23.0 Å². The van der Waals surface area contributed by atoms with Gasteiger partial charge in [0.1, 0.15) is 0 Å². The molecule has 0 fully saturated rings. The Morgan fingerprint density at radius 1 is 1.25 bits per heavy atom. The van der Waals surface area contributed by atoms with E-state index < -0.39 is 18.0 Å². The van der Waals surface area contributed by atoms with E-state index in [4.69, 9.17) is 10.5 Å². The number of nitrogens with zero attached hydrogens (tertiary/aromatic N) is 1. The zero-order valence-electron chi connectivity index (χ0n) is 15.0. The van der Waals surface area contributed by atoms with E-state index >= 15 is 0 Å². The quantitative estimate of drug-likeness (QED) is 0.410. The zero-order chi connectivity index (χ0) is 20.1. The number of nitrogens with two attached hydrogens (primary N) is 1. The summed E-state index contributed by atoms with van der Waals surface area (Å²) in [5.74, 6) is -1.01. The molecule has 3 aromatic rings. The molecule has 1 unspecified atom stereocenters. The number of esters is 1. The van der Waals surface area contributed by atoms with E-state index in [9.17, 15) is 9.59 Å². The number of hydrogen-bond donors (Lipinski definition) is 2. The molecule has 2 aromatic carbocycles. The Hall–Kier alpha value is -2.71. The number of hydrogen-bond acceptors (Lipinski definition) is 6. The van der Waals surface area contributed by atoms with Crippen LogP contribution in [0.15, 0.2) is 58.4 Å². The predicted octanol–water partition coefficient (Wildman–Crippen LogP) is 4.73. The Morgan fingerprint density at radius 3 is 2.68 bits per heavy atom. The van der Waals surface area contributed by atoms with Gasteiger partial charge in [-0.3, -0.25) is 10.1 Å². The van der Waals surface area contributed by atoms with Gasteiger partial charge in [-0.15, -0.1) is 11.3 Å². The van der Waals surface area contributed by atoms with Gasteiger partial charge in [0.2, 0.25) is 0 Å². The monoisotopic (exact) mass is 459 g/mol. The van der Waals surface area contributed by atoms with Gasteiger partial charge in [-0.05, 0) is 36.8 Å². The van der Waals surface area contributed by atoms with Crippen molar-refractivity contribution in [1.82, 2.24) is 4.98 Å². The third-order valence-electron chi connectivity index (χ3n) is 3.91. The maximum Gasteiger partial charge on any atom is 0.338 e. The topological polar surface area (TPSA) is 94.3 Å². The highest BCUT2D eigenvalue weighted by Crippen LogP contribution is 2.26. The number of benzene rings is 2. The van der Waals surface area contributed by atoms with Gasteiger partial charge in [0, 0.05) is 21.1 Å². The second-order valence-electron chi connectivity index (χ2n) is 5.96. The summed E-state index contributed by atoms with van der Waals surface area (Å²) < 4.78 is 6.32. The molecular formula is C20H18BrN3O3S. The van der Waals surface area contributed by atoms with Gasteiger partial charge in [-0.25, -0.2) is 9.78 Å². The lowest BCUT2D eigenvalue weighted by Crippen LogP contribution is -2.32. The summed E-state index contributed by atoms with van der Waals surface area (Å²) in [7, 11) is 0. The molecule has 1 aromatic heterocycles. The fraction of sp³-hybridized carbons (Fsp3) is 0.150. The molecule has 1 amide bonds. The van der Waals surface area contributed by atoms with E-state index in [2.05, 4.69) is 26.2 Å².